The third-order valence-corrected chi connectivity index (χ3v) is 8.92. The Labute approximate surface area is 310 Å². The number of carbonyl (C=O) groups excluding carboxylic acids is 1. The molecule has 292 valence electrons. The van der Waals surface area contributed by atoms with E-state index < -0.39 is 0 Å². The molecule has 0 saturated carbocycles. The Morgan fingerprint density at radius 1 is 0.540 bits per heavy atom. The largest absolute Gasteiger partial charge is 0.462 e. The fourth-order valence-corrected chi connectivity index (χ4v) is 5.81. The first-order chi connectivity index (χ1) is 24.6. The number of esters is 1. The second-order valence-electron chi connectivity index (χ2n) is 14.2. The van der Waals surface area contributed by atoms with Crippen LogP contribution in [0, 0.1) is 0 Å². The maximum absolute atomic E-state index is 12.5. The Hall–Kier alpha value is -2.15. The van der Waals surface area contributed by atoms with Crippen molar-refractivity contribution in [3.63, 3.8) is 0 Å². The summed E-state index contributed by atoms with van der Waals surface area (Å²) in [4.78, 5) is 25.3. The van der Waals surface area contributed by atoms with E-state index in [0.29, 0.717) is 19.6 Å². The molecule has 0 saturated heterocycles. The van der Waals surface area contributed by atoms with E-state index in [-0.39, 0.29) is 12.1 Å². The minimum atomic E-state index is -0.0231. The van der Waals surface area contributed by atoms with Gasteiger partial charge in [0.25, 0.3) is 0 Å². The molecule has 50 heavy (non-hydrogen) atoms. The van der Waals surface area contributed by atoms with Crippen molar-refractivity contribution in [3.05, 3.63) is 24.3 Å². The number of unbranched alkanes of at least 4 members (excludes halogenated alkanes) is 20. The summed E-state index contributed by atoms with van der Waals surface area (Å²) in [7, 11) is 4.09. The second-order valence-corrected chi connectivity index (χ2v) is 14.2. The quantitative estimate of drug-likeness (QED) is 0.0209. The highest BCUT2D eigenvalue weighted by molar-refractivity contribution is 5.69. The van der Waals surface area contributed by atoms with E-state index in [1.165, 1.54) is 103 Å². The third-order valence-electron chi connectivity index (χ3n) is 8.92. The molecule has 0 atom stereocenters. The van der Waals surface area contributed by atoms with E-state index in [9.17, 15) is 4.79 Å². The molecule has 0 amide bonds. The van der Waals surface area contributed by atoms with Crippen LogP contribution in [0.5, 0.6) is 0 Å². The lowest BCUT2D eigenvalue weighted by Crippen LogP contribution is -2.20. The normalized spacial score (nSPS) is 12.7. The van der Waals surface area contributed by atoms with E-state index in [4.69, 9.17) is 14.4 Å². The van der Waals surface area contributed by atoms with Crippen LogP contribution in [-0.2, 0) is 19.2 Å². The van der Waals surface area contributed by atoms with E-state index in [1.54, 1.807) is 0 Å². The Morgan fingerprint density at radius 3 is 1.42 bits per heavy atom. The maximum Gasteiger partial charge on any atom is 0.306 e. The van der Waals surface area contributed by atoms with Gasteiger partial charge in [-0.2, -0.15) is 0 Å². The molecule has 0 bridgehead atoms. The molecule has 0 aliphatic carbocycles. The maximum atomic E-state index is 12.5. The summed E-state index contributed by atoms with van der Waals surface area (Å²) in [5.41, 5.74) is 0. The first kappa shape index (κ1) is 47.8. The predicted molar refractivity (Wildman–Crippen MR) is 216 cm³/mol. The fraction of sp³-hybridized carbons (Fsp3) is 0.837. The number of nitrogens with zero attached hydrogens (tertiary/aromatic N) is 3. The number of allylic oxidation sites excluding steroid dienone is 2. The van der Waals surface area contributed by atoms with Gasteiger partial charge in [-0.25, -0.2) is 0 Å². The van der Waals surface area contributed by atoms with Gasteiger partial charge in [-0.05, 0) is 116 Å². The highest BCUT2D eigenvalue weighted by atomic mass is 16.6. The van der Waals surface area contributed by atoms with Gasteiger partial charge in [0, 0.05) is 18.9 Å². The number of rotatable bonds is 39. The summed E-state index contributed by atoms with van der Waals surface area (Å²) < 4.78 is 5.98. The van der Waals surface area contributed by atoms with Crippen LogP contribution in [0.15, 0.2) is 34.6 Å². The van der Waals surface area contributed by atoms with Crippen LogP contribution < -0.4 is 0 Å². The van der Waals surface area contributed by atoms with Crippen LogP contribution in [-0.4, -0.2) is 63.3 Å². The summed E-state index contributed by atoms with van der Waals surface area (Å²) in [6, 6.07) is 0. The lowest BCUT2D eigenvalue weighted by molar-refractivity contribution is -0.150. The lowest BCUT2D eigenvalue weighted by atomic mass is 10.0. The van der Waals surface area contributed by atoms with Crippen molar-refractivity contribution in [2.75, 3.05) is 33.9 Å². The zero-order valence-electron chi connectivity index (χ0n) is 33.4. The SMILES string of the molecule is CCCCCCC=CCON=CCCCCCCCCC(CCCCCCCCC=NOCC=CCCCCCC)OC(=O)CCCN(C)C. The van der Waals surface area contributed by atoms with Crippen molar-refractivity contribution in [3.8, 4) is 0 Å². The summed E-state index contributed by atoms with van der Waals surface area (Å²) in [5, 5.41) is 8.16. The minimum absolute atomic E-state index is 0.0231. The molecule has 0 N–H and O–H groups in total. The van der Waals surface area contributed by atoms with Gasteiger partial charge in [0.05, 0.1) is 0 Å². The van der Waals surface area contributed by atoms with Crippen molar-refractivity contribution >= 4 is 18.4 Å². The Morgan fingerprint density at radius 2 is 0.960 bits per heavy atom. The molecule has 0 heterocycles. The topological polar surface area (TPSA) is 72.7 Å². The lowest BCUT2D eigenvalue weighted by Gasteiger charge is -2.18. The van der Waals surface area contributed by atoms with Crippen LogP contribution in [0.4, 0.5) is 0 Å². The molecule has 0 aromatic rings. The molecule has 0 unspecified atom stereocenters. The van der Waals surface area contributed by atoms with Crippen LogP contribution in [0.25, 0.3) is 0 Å². The van der Waals surface area contributed by atoms with Gasteiger partial charge >= 0.3 is 5.97 Å². The summed E-state index contributed by atoms with van der Waals surface area (Å²) >= 11 is 0. The molecule has 7 heteroatoms. The van der Waals surface area contributed by atoms with Crippen molar-refractivity contribution in [1.82, 2.24) is 4.90 Å². The van der Waals surface area contributed by atoms with Gasteiger partial charge in [-0.15, -0.1) is 0 Å². The minimum Gasteiger partial charge on any atom is -0.462 e. The average molecular weight is 704 g/mol. The summed E-state index contributed by atoms with van der Waals surface area (Å²) in [5.74, 6) is -0.0231. The van der Waals surface area contributed by atoms with E-state index in [1.807, 2.05) is 26.5 Å². The smallest absolute Gasteiger partial charge is 0.306 e. The van der Waals surface area contributed by atoms with Gasteiger partial charge in [-0.3, -0.25) is 4.79 Å². The van der Waals surface area contributed by atoms with Gasteiger partial charge in [0.1, 0.15) is 19.3 Å². The summed E-state index contributed by atoms with van der Waals surface area (Å²) in [6.07, 6.45) is 44.9. The Balaban J connectivity index is 3.97. The fourth-order valence-electron chi connectivity index (χ4n) is 5.81. The van der Waals surface area contributed by atoms with Crippen LogP contribution in [0.2, 0.25) is 0 Å². The highest BCUT2D eigenvalue weighted by Gasteiger charge is 2.14. The van der Waals surface area contributed by atoms with Gasteiger partial charge in [0.2, 0.25) is 0 Å². The zero-order chi connectivity index (χ0) is 36.4. The highest BCUT2D eigenvalue weighted by Crippen LogP contribution is 2.18. The summed E-state index contributed by atoms with van der Waals surface area (Å²) in [6.45, 7) is 6.55. The standard InChI is InChI=1S/C43H81N3O4/c1-5-7-9-11-19-25-31-40-48-44-37-29-23-17-13-15-21-27-34-42(50-43(47)36-33-39-46(3)4)35-28-22-16-14-18-24-30-38-45-49-41-32-26-20-12-10-8-6-2/h25-26,31-32,37-38,42H,5-24,27-30,33-36,39-41H2,1-4H3. The van der Waals surface area contributed by atoms with Crippen molar-refractivity contribution in [2.45, 2.75) is 200 Å². The number of ether oxygens (including phenoxy) is 1. The first-order valence-corrected chi connectivity index (χ1v) is 21.0. The first-order valence-electron chi connectivity index (χ1n) is 21.0. The molecular weight excluding hydrogens is 622 g/mol. The van der Waals surface area contributed by atoms with Crippen LogP contribution in [0.3, 0.4) is 0 Å². The molecule has 0 aliphatic rings. The predicted octanol–water partition coefficient (Wildman–Crippen LogP) is 12.5. The van der Waals surface area contributed by atoms with Crippen LogP contribution >= 0.6 is 0 Å². The van der Waals surface area contributed by atoms with Crippen molar-refractivity contribution in [2.24, 2.45) is 10.3 Å². The number of hydrogen-bond donors (Lipinski definition) is 0. The molecule has 0 spiro atoms. The molecule has 0 rings (SSSR count). The number of oxime groups is 2. The third kappa shape index (κ3) is 40.3. The van der Waals surface area contributed by atoms with E-state index in [0.717, 1.165) is 77.2 Å². The average Bonchev–Trinajstić information content (AvgIpc) is 3.10. The molecule has 0 radical (unpaired) electrons. The number of hydrogen-bond acceptors (Lipinski definition) is 7. The van der Waals surface area contributed by atoms with Crippen molar-refractivity contribution < 1.29 is 19.2 Å². The van der Waals surface area contributed by atoms with Gasteiger partial charge in [-0.1, -0.05) is 126 Å². The molecule has 0 aromatic carbocycles. The van der Waals surface area contributed by atoms with Crippen molar-refractivity contribution in [1.29, 1.82) is 0 Å². The van der Waals surface area contributed by atoms with Crippen LogP contribution in [0.1, 0.15) is 194 Å². The Bertz CT molecular complexity index is 760. The molecule has 0 fully saturated rings. The molecule has 0 aliphatic heterocycles. The monoisotopic (exact) mass is 704 g/mol. The molecule has 7 nitrogen and oxygen atoms in total. The number of carbonyl (C=O) groups is 1. The molecule has 0 aromatic heterocycles. The second kappa shape index (κ2) is 41.3. The zero-order valence-corrected chi connectivity index (χ0v) is 33.4. The molecular formula is C43H81N3O4. The Kier molecular flexibility index (Phi) is 39.5. The van der Waals surface area contributed by atoms with Gasteiger partial charge in [0.15, 0.2) is 0 Å². The van der Waals surface area contributed by atoms with E-state index in [2.05, 4.69) is 53.4 Å². The van der Waals surface area contributed by atoms with E-state index >= 15 is 0 Å². The van der Waals surface area contributed by atoms with Gasteiger partial charge < -0.3 is 19.3 Å².